The molecule has 10 nitrogen and oxygen atoms in total. The van der Waals surface area contributed by atoms with Gasteiger partial charge in [-0.2, -0.15) is 9.29 Å². The molecule has 1 fully saturated rings. The molecule has 0 unspecified atom stereocenters. The summed E-state index contributed by atoms with van der Waals surface area (Å²) in [5.41, 5.74) is 2.32. The van der Waals surface area contributed by atoms with Crippen LogP contribution in [0, 0.1) is 24.0 Å². The Balaban J connectivity index is 1.28. The van der Waals surface area contributed by atoms with Gasteiger partial charge in [0.1, 0.15) is 0 Å². The third-order valence-corrected chi connectivity index (χ3v) is 7.88. The van der Waals surface area contributed by atoms with E-state index in [1.165, 1.54) is 22.0 Å². The number of hydrogen-bond donors (Lipinski definition) is 0. The molecule has 0 spiro atoms. The first-order chi connectivity index (χ1) is 16.2. The van der Waals surface area contributed by atoms with E-state index in [2.05, 4.69) is 15.0 Å². The Hall–Kier alpha value is -3.15. The highest BCUT2D eigenvalue weighted by molar-refractivity contribution is 7.89. The first-order valence-corrected chi connectivity index (χ1v) is 12.6. The highest BCUT2D eigenvalue weighted by Crippen LogP contribution is 2.25. The average molecular weight is 486 g/mol. The quantitative estimate of drug-likeness (QED) is 0.352. The van der Waals surface area contributed by atoms with Gasteiger partial charge in [0.05, 0.1) is 9.82 Å². The van der Waals surface area contributed by atoms with Crippen LogP contribution in [-0.2, 0) is 16.4 Å². The second kappa shape index (κ2) is 10.00. The van der Waals surface area contributed by atoms with Gasteiger partial charge < -0.3 is 9.42 Å². The van der Waals surface area contributed by atoms with Gasteiger partial charge >= 0.3 is 0 Å². The summed E-state index contributed by atoms with van der Waals surface area (Å²) >= 11 is 0. The molecule has 180 valence electrons. The largest absolute Gasteiger partial charge is 0.339 e. The maximum absolute atomic E-state index is 13.0. The van der Waals surface area contributed by atoms with E-state index in [0.717, 1.165) is 24.6 Å². The predicted octanol–water partition coefficient (Wildman–Crippen LogP) is 3.20. The van der Waals surface area contributed by atoms with Gasteiger partial charge in [-0.15, -0.1) is 0 Å². The molecule has 1 aliphatic heterocycles. The molecular weight excluding hydrogens is 458 g/mol. The topological polar surface area (TPSA) is 123 Å². The van der Waals surface area contributed by atoms with Crippen molar-refractivity contribution in [3.63, 3.8) is 0 Å². The summed E-state index contributed by atoms with van der Waals surface area (Å²) in [6.45, 7) is 6.24. The summed E-state index contributed by atoms with van der Waals surface area (Å²) in [7, 11) is -3.78. The third kappa shape index (κ3) is 5.32. The van der Waals surface area contributed by atoms with Crippen LogP contribution in [0.25, 0.3) is 11.4 Å². The van der Waals surface area contributed by atoms with Crippen molar-refractivity contribution in [3.05, 3.63) is 69.6 Å². The maximum atomic E-state index is 13.0. The highest BCUT2D eigenvalue weighted by atomic mass is 32.2. The third-order valence-electron chi connectivity index (χ3n) is 5.99. The monoisotopic (exact) mass is 485 g/mol. The zero-order valence-electron chi connectivity index (χ0n) is 19.2. The van der Waals surface area contributed by atoms with Crippen molar-refractivity contribution in [2.75, 3.05) is 32.7 Å². The van der Waals surface area contributed by atoms with Crippen LogP contribution in [0.3, 0.4) is 0 Å². The summed E-state index contributed by atoms with van der Waals surface area (Å²) in [6, 6.07) is 12.0. The molecule has 0 radical (unpaired) electrons. The lowest BCUT2D eigenvalue weighted by Gasteiger charge is -2.33. The smallest absolute Gasteiger partial charge is 0.273 e. The van der Waals surface area contributed by atoms with Crippen LogP contribution < -0.4 is 0 Å². The van der Waals surface area contributed by atoms with Crippen molar-refractivity contribution in [2.45, 2.75) is 31.6 Å². The molecule has 0 bridgehead atoms. The molecule has 0 amide bonds. The van der Waals surface area contributed by atoms with Gasteiger partial charge in [0.15, 0.2) is 0 Å². The van der Waals surface area contributed by atoms with Gasteiger partial charge in [0.2, 0.25) is 21.7 Å². The fraction of sp³-hybridized carbons (Fsp3) is 0.391. The van der Waals surface area contributed by atoms with Gasteiger partial charge in [-0.25, -0.2) is 8.42 Å². The molecule has 1 aromatic heterocycles. The summed E-state index contributed by atoms with van der Waals surface area (Å²) in [6.07, 6.45) is 1.46. The van der Waals surface area contributed by atoms with Crippen LogP contribution in [0.2, 0.25) is 0 Å². The van der Waals surface area contributed by atoms with E-state index in [9.17, 15) is 18.5 Å². The zero-order valence-corrected chi connectivity index (χ0v) is 20.0. The predicted molar refractivity (Wildman–Crippen MR) is 126 cm³/mol. The molecular formula is C23H27N5O5S. The Labute approximate surface area is 198 Å². The summed E-state index contributed by atoms with van der Waals surface area (Å²) in [5, 5.41) is 15.2. The molecule has 0 aliphatic carbocycles. The molecule has 4 rings (SSSR count). The molecule has 0 atom stereocenters. The number of piperazine rings is 1. The van der Waals surface area contributed by atoms with E-state index in [-0.39, 0.29) is 10.6 Å². The molecule has 0 N–H and O–H groups in total. The van der Waals surface area contributed by atoms with E-state index in [1.807, 2.05) is 31.2 Å². The van der Waals surface area contributed by atoms with Crippen molar-refractivity contribution < 1.29 is 17.9 Å². The Kier molecular flexibility index (Phi) is 7.05. The molecule has 2 aromatic carbocycles. The summed E-state index contributed by atoms with van der Waals surface area (Å²) in [4.78, 5) is 17.2. The van der Waals surface area contributed by atoms with Crippen LogP contribution >= 0.6 is 0 Å². The molecule has 2 heterocycles. The molecule has 34 heavy (non-hydrogen) atoms. The first-order valence-electron chi connectivity index (χ1n) is 11.1. The standard InChI is InChI=1S/C23H27N5O5S/c1-17-5-8-19(9-6-17)23-24-22(33-25-23)4-3-11-26-12-14-27(15-13-26)34(31,32)20-10-7-18(2)21(16-20)28(29)30/h5-10,16H,3-4,11-15H2,1-2H3. The number of rotatable bonds is 8. The Bertz CT molecular complexity index is 1270. The number of nitro groups is 1. The number of nitrogens with zero attached hydrogens (tertiary/aromatic N) is 5. The van der Waals surface area contributed by atoms with Gasteiger partial charge in [-0.3, -0.25) is 10.1 Å². The lowest BCUT2D eigenvalue weighted by atomic mass is 10.1. The van der Waals surface area contributed by atoms with Crippen LogP contribution in [-0.4, -0.2) is 65.4 Å². The number of aryl methyl sites for hydroxylation is 3. The van der Waals surface area contributed by atoms with E-state index in [1.54, 1.807) is 6.92 Å². The van der Waals surface area contributed by atoms with E-state index >= 15 is 0 Å². The van der Waals surface area contributed by atoms with Crippen LogP contribution in [0.1, 0.15) is 23.4 Å². The van der Waals surface area contributed by atoms with Crippen molar-refractivity contribution in [1.29, 1.82) is 0 Å². The number of benzene rings is 2. The average Bonchev–Trinajstić information content (AvgIpc) is 3.29. The summed E-state index contributed by atoms with van der Waals surface area (Å²) < 4.78 is 32.7. The van der Waals surface area contributed by atoms with Crippen molar-refractivity contribution in [3.8, 4) is 11.4 Å². The van der Waals surface area contributed by atoms with Crippen LogP contribution in [0.4, 0.5) is 5.69 Å². The second-order valence-corrected chi connectivity index (χ2v) is 10.4. The lowest BCUT2D eigenvalue weighted by molar-refractivity contribution is -0.385. The normalized spacial score (nSPS) is 15.5. The fourth-order valence-electron chi connectivity index (χ4n) is 3.92. The Morgan fingerprint density at radius 2 is 1.76 bits per heavy atom. The highest BCUT2D eigenvalue weighted by Gasteiger charge is 2.30. The Morgan fingerprint density at radius 1 is 1.06 bits per heavy atom. The van der Waals surface area contributed by atoms with Gasteiger partial charge in [0.25, 0.3) is 5.69 Å². The SMILES string of the molecule is Cc1ccc(-c2noc(CCCN3CCN(S(=O)(=O)c4ccc(C)c([N+](=O)[O-])c4)CC3)n2)cc1. The van der Waals surface area contributed by atoms with Crippen molar-refractivity contribution >= 4 is 15.7 Å². The minimum Gasteiger partial charge on any atom is -0.339 e. The molecule has 11 heteroatoms. The van der Waals surface area contributed by atoms with Gasteiger partial charge in [0, 0.05) is 49.8 Å². The molecule has 1 saturated heterocycles. The van der Waals surface area contributed by atoms with E-state index < -0.39 is 14.9 Å². The van der Waals surface area contributed by atoms with E-state index in [4.69, 9.17) is 4.52 Å². The minimum absolute atomic E-state index is 0.0426. The maximum Gasteiger partial charge on any atom is 0.273 e. The van der Waals surface area contributed by atoms with E-state index in [0.29, 0.717) is 49.9 Å². The number of nitro benzene ring substituents is 1. The Morgan fingerprint density at radius 3 is 2.44 bits per heavy atom. The number of sulfonamides is 1. The van der Waals surface area contributed by atoms with Crippen molar-refractivity contribution in [2.24, 2.45) is 0 Å². The first kappa shape index (κ1) is 24.0. The number of aromatic nitrogens is 2. The lowest BCUT2D eigenvalue weighted by Crippen LogP contribution is -2.48. The van der Waals surface area contributed by atoms with Crippen LogP contribution in [0.15, 0.2) is 51.9 Å². The molecule has 0 saturated carbocycles. The fourth-order valence-corrected chi connectivity index (χ4v) is 5.36. The summed E-state index contributed by atoms with van der Waals surface area (Å²) in [5.74, 6) is 1.16. The van der Waals surface area contributed by atoms with Crippen molar-refractivity contribution in [1.82, 2.24) is 19.3 Å². The zero-order chi connectivity index (χ0) is 24.3. The number of hydrogen-bond acceptors (Lipinski definition) is 8. The van der Waals surface area contributed by atoms with Gasteiger partial charge in [-0.05, 0) is 32.9 Å². The second-order valence-electron chi connectivity index (χ2n) is 8.43. The molecule has 3 aromatic rings. The van der Waals surface area contributed by atoms with Crippen LogP contribution in [0.5, 0.6) is 0 Å². The molecule has 1 aliphatic rings. The van der Waals surface area contributed by atoms with Gasteiger partial charge in [-0.1, -0.05) is 41.1 Å². The minimum atomic E-state index is -3.78.